The Hall–Kier alpha value is 1.17. The minimum atomic E-state index is 0. The molecule has 3 heterocycles. The molecule has 0 spiro atoms. The Morgan fingerprint density at radius 3 is 1.72 bits per heavy atom. The summed E-state index contributed by atoms with van der Waals surface area (Å²) in [6, 6.07) is 4.01. The van der Waals surface area contributed by atoms with E-state index in [0.29, 0.717) is 0 Å². The van der Waals surface area contributed by atoms with Crippen molar-refractivity contribution in [2.45, 2.75) is 0 Å². The molecule has 0 aliphatic heterocycles. The summed E-state index contributed by atoms with van der Waals surface area (Å²) < 4.78 is 11.2. The van der Waals surface area contributed by atoms with Gasteiger partial charge in [-0.15, -0.1) is 21.5 Å². The molecule has 1 aromatic carbocycles. The van der Waals surface area contributed by atoms with E-state index in [1.807, 2.05) is 12.1 Å². The van der Waals surface area contributed by atoms with Gasteiger partial charge in [-0.2, -0.15) is 30.3 Å². The van der Waals surface area contributed by atoms with Crippen LogP contribution in [0.25, 0.3) is 31.2 Å². The number of rotatable bonds is 0. The normalized spacial score (nSPS) is 10.0. The molecule has 0 bridgehead atoms. The van der Waals surface area contributed by atoms with Gasteiger partial charge >= 0.3 is 0 Å². The second kappa shape index (κ2) is 6.75. The van der Waals surface area contributed by atoms with Crippen molar-refractivity contribution in [3.63, 3.8) is 0 Å². The van der Waals surface area contributed by atoms with Crippen LogP contribution in [0, 0.1) is 18.2 Å². The monoisotopic (exact) mass is 439 g/mol. The van der Waals surface area contributed by atoms with Gasteiger partial charge in [-0.1, -0.05) is 0 Å². The summed E-state index contributed by atoms with van der Waals surface area (Å²) in [7, 11) is 0. The zero-order valence-electron chi connectivity index (χ0n) is 9.43. The van der Waals surface area contributed by atoms with Crippen molar-refractivity contribution < 1.29 is 65.4 Å². The topological polar surface area (TPSA) is 25.8 Å². The maximum Gasteiger partial charge on any atom is 0.0669 e. The Kier molecular flexibility index (Phi) is 6.46. The molecule has 0 unspecified atom stereocenters. The minimum absolute atomic E-state index is 0. The zero-order valence-corrected chi connectivity index (χ0v) is 17.6. The van der Waals surface area contributed by atoms with Gasteiger partial charge < -0.3 is 30.1 Å². The van der Waals surface area contributed by atoms with Crippen molar-refractivity contribution in [1.29, 1.82) is 0 Å². The molecule has 2 nitrogen and oxygen atoms in total. The van der Waals surface area contributed by atoms with Crippen LogP contribution < -0.4 is 0 Å². The van der Waals surface area contributed by atoms with Crippen molar-refractivity contribution in [1.82, 2.24) is 8.75 Å². The molecule has 0 saturated heterocycles. The number of nitrogens with zero attached hydrogens (tertiary/aromatic N) is 2. The summed E-state index contributed by atoms with van der Waals surface area (Å²) in [6.07, 6.45) is 0. The van der Waals surface area contributed by atoms with Crippen LogP contribution in [-0.4, -0.2) is 8.75 Å². The summed E-state index contributed by atoms with van der Waals surface area (Å²) in [5.74, 6) is 0. The van der Waals surface area contributed by atoms with Crippen molar-refractivity contribution in [3.05, 3.63) is 30.3 Å². The number of benzene rings is 1. The average Bonchev–Trinajstić information content (AvgIpc) is 2.97. The summed E-state index contributed by atoms with van der Waals surface area (Å²) in [5.41, 5.74) is 2.01. The van der Waals surface area contributed by atoms with Gasteiger partial charge in [0.05, 0.1) is 11.7 Å². The molecule has 0 amide bonds. The molecule has 2 radical (unpaired) electrons. The zero-order chi connectivity index (χ0) is 9.83. The van der Waals surface area contributed by atoms with E-state index in [0.717, 1.165) is 11.0 Å². The fourth-order valence-corrected chi connectivity index (χ4v) is 4.12. The first-order chi connectivity index (χ1) is 7.45. The maximum absolute atomic E-state index is 4.36. The first kappa shape index (κ1) is 17.2. The molecule has 0 saturated carbocycles. The summed E-state index contributed by atoms with van der Waals surface area (Å²) in [6.45, 7) is 0. The molecule has 18 heavy (non-hydrogen) atoms. The molecule has 0 aliphatic rings. The number of aromatic nitrogens is 2. The summed E-state index contributed by atoms with van der Waals surface area (Å²) in [5, 5.41) is 8.69. The number of fused-ring (bicyclic) bond motifs is 6. The van der Waals surface area contributed by atoms with Crippen LogP contribution in [-0.2, 0) is 65.4 Å². The van der Waals surface area contributed by atoms with Crippen LogP contribution in [0.1, 0.15) is 0 Å². The van der Waals surface area contributed by atoms with Gasteiger partial charge in [0.15, 0.2) is 0 Å². The number of thiophene rings is 2. The van der Waals surface area contributed by atoms with E-state index >= 15 is 0 Å². The largest absolute Gasteiger partial charge is 0.358 e. The van der Waals surface area contributed by atoms with Gasteiger partial charge in [0.25, 0.3) is 0 Å². The first-order valence-corrected chi connectivity index (χ1v) is 6.65. The van der Waals surface area contributed by atoms with Gasteiger partial charge in [0.2, 0.25) is 0 Å². The second-order valence-corrected chi connectivity index (χ2v) is 5.40. The fraction of sp³-hybridized carbons (Fsp3) is 0. The van der Waals surface area contributed by atoms with Crippen molar-refractivity contribution in [2.75, 3.05) is 0 Å². The first-order valence-electron chi connectivity index (χ1n) is 4.28. The fourth-order valence-electron chi connectivity index (χ4n) is 1.77. The Bertz CT molecular complexity index is 592. The Labute approximate surface area is 167 Å². The SMILES string of the molecule is [CH3-].[Y].[Y].[c-]1cc2c3nsnc3c3c[c-]sc3c2s1. The van der Waals surface area contributed by atoms with Crippen LogP contribution >= 0.6 is 34.4 Å². The van der Waals surface area contributed by atoms with Crippen LogP contribution in [0.15, 0.2) is 12.1 Å². The summed E-state index contributed by atoms with van der Waals surface area (Å²) >= 11 is 4.55. The molecule has 0 aliphatic carbocycles. The van der Waals surface area contributed by atoms with Gasteiger partial charge in [-0.25, -0.2) is 0 Å². The van der Waals surface area contributed by atoms with E-state index in [9.17, 15) is 0 Å². The van der Waals surface area contributed by atoms with Crippen molar-refractivity contribution in [2.24, 2.45) is 0 Å². The van der Waals surface area contributed by atoms with Crippen LogP contribution in [0.5, 0.6) is 0 Å². The predicted octanol–water partition coefficient (Wildman–Crippen LogP) is 4.17. The third kappa shape index (κ3) is 2.41. The smallest absolute Gasteiger partial charge is 0.0669 e. The van der Waals surface area contributed by atoms with Gasteiger partial charge in [0.1, 0.15) is 0 Å². The second-order valence-electron chi connectivity index (χ2n) is 3.18. The third-order valence-corrected chi connectivity index (χ3v) is 4.81. The Morgan fingerprint density at radius 2 is 1.28 bits per heavy atom. The molecule has 7 heteroatoms. The molecule has 0 N–H and O–H groups in total. The Morgan fingerprint density at radius 1 is 0.833 bits per heavy atom. The van der Waals surface area contributed by atoms with E-state index in [4.69, 9.17) is 0 Å². The molecule has 0 fully saturated rings. The average molecular weight is 439 g/mol. The van der Waals surface area contributed by atoms with Crippen LogP contribution in [0.2, 0.25) is 0 Å². The standard InChI is InChI=1S/C10H2N2S3.CH3.2Y/c1-3-13-9-5(1)7-8(12-15-11-7)6-2-4-14-10(6)9;;;/h1-2H;1H3;;/q-2;-1;;. The third-order valence-electron chi connectivity index (χ3n) is 2.42. The van der Waals surface area contributed by atoms with Crippen LogP contribution in [0.4, 0.5) is 0 Å². The van der Waals surface area contributed by atoms with E-state index in [1.165, 1.54) is 31.9 Å². The quantitative estimate of drug-likeness (QED) is 0.385. The number of hydrogen-bond donors (Lipinski definition) is 0. The minimum Gasteiger partial charge on any atom is -0.358 e. The van der Waals surface area contributed by atoms with E-state index in [2.05, 4.69) is 19.5 Å². The van der Waals surface area contributed by atoms with Crippen LogP contribution in [0.3, 0.4) is 0 Å². The van der Waals surface area contributed by atoms with Crippen molar-refractivity contribution in [3.8, 4) is 0 Å². The molecule has 86 valence electrons. The molecule has 4 rings (SSSR count). The van der Waals surface area contributed by atoms with Crippen molar-refractivity contribution >= 4 is 65.6 Å². The predicted molar refractivity (Wildman–Crippen MR) is 72.3 cm³/mol. The van der Waals surface area contributed by atoms with Gasteiger partial charge in [-0.3, -0.25) is 0 Å². The Balaban J connectivity index is 0.000000540. The molecular weight excluding hydrogens is 434 g/mol. The number of hydrogen-bond acceptors (Lipinski definition) is 5. The van der Waals surface area contributed by atoms with E-state index in [-0.39, 0.29) is 72.8 Å². The molecular formula is C11H5N2S3Y2-3. The maximum atomic E-state index is 4.36. The van der Waals surface area contributed by atoms with E-state index in [1.54, 1.807) is 22.7 Å². The van der Waals surface area contributed by atoms with E-state index < -0.39 is 0 Å². The molecule has 0 atom stereocenters. The summed E-state index contributed by atoms with van der Waals surface area (Å²) in [4.78, 5) is 0. The van der Waals surface area contributed by atoms with Gasteiger partial charge in [0, 0.05) is 76.5 Å². The molecule has 4 aromatic rings. The van der Waals surface area contributed by atoms with Gasteiger partial charge in [-0.05, 0) is 0 Å². The molecule has 3 aromatic heterocycles.